The molecule has 0 aliphatic carbocycles. The van der Waals surface area contributed by atoms with Gasteiger partial charge in [-0.2, -0.15) is 8.42 Å². The molecule has 2 aromatic rings. The Morgan fingerprint density at radius 1 is 0.950 bits per heavy atom. The van der Waals surface area contributed by atoms with Crippen LogP contribution in [0.15, 0.2) is 60.7 Å². The van der Waals surface area contributed by atoms with E-state index in [4.69, 9.17) is 4.55 Å². The van der Waals surface area contributed by atoms with Crippen molar-refractivity contribution in [3.8, 4) is 0 Å². The first-order chi connectivity index (χ1) is 9.54. The molecule has 0 radical (unpaired) electrons. The van der Waals surface area contributed by atoms with Crippen molar-refractivity contribution in [2.45, 2.75) is 12.6 Å². The van der Waals surface area contributed by atoms with Crippen LogP contribution in [0.5, 0.6) is 0 Å². The first-order valence-electron chi connectivity index (χ1n) is 6.32. The summed E-state index contributed by atoms with van der Waals surface area (Å²) in [7, 11) is -4.04. The number of benzene rings is 2. The summed E-state index contributed by atoms with van der Waals surface area (Å²) in [5, 5.41) is 3.17. The predicted octanol–water partition coefficient (Wildman–Crippen LogP) is 2.41. The summed E-state index contributed by atoms with van der Waals surface area (Å²) in [5.74, 6) is -0.343. The Bertz CT molecular complexity index is 627. The summed E-state index contributed by atoms with van der Waals surface area (Å²) in [6.07, 6.45) is 0. The van der Waals surface area contributed by atoms with Gasteiger partial charge in [-0.3, -0.25) is 4.55 Å². The van der Waals surface area contributed by atoms with Crippen LogP contribution < -0.4 is 5.32 Å². The second kappa shape index (κ2) is 6.65. The highest BCUT2D eigenvalue weighted by atomic mass is 32.2. The molecule has 0 spiro atoms. The Kier molecular flexibility index (Phi) is 4.89. The molecule has 0 unspecified atom stereocenters. The molecule has 0 saturated heterocycles. The summed E-state index contributed by atoms with van der Waals surface area (Å²) in [5.41, 5.74) is 1.89. The molecule has 0 aromatic heterocycles. The van der Waals surface area contributed by atoms with Crippen molar-refractivity contribution in [2.24, 2.45) is 0 Å². The lowest BCUT2D eigenvalue weighted by Crippen LogP contribution is -2.27. The molecule has 2 rings (SSSR count). The van der Waals surface area contributed by atoms with Gasteiger partial charge in [0.15, 0.2) is 0 Å². The maximum absolute atomic E-state index is 11.1. The first kappa shape index (κ1) is 14.7. The van der Waals surface area contributed by atoms with E-state index < -0.39 is 16.2 Å². The molecule has 106 valence electrons. The van der Waals surface area contributed by atoms with Gasteiger partial charge in [-0.15, -0.1) is 0 Å². The van der Waals surface area contributed by atoms with Gasteiger partial charge < -0.3 is 5.32 Å². The number of rotatable bonds is 6. The third-order valence-electron chi connectivity index (χ3n) is 2.97. The first-order valence-corrected chi connectivity index (χ1v) is 7.93. The van der Waals surface area contributed by atoms with Crippen molar-refractivity contribution in [2.75, 3.05) is 5.75 Å². The Morgan fingerprint density at radius 3 is 2.05 bits per heavy atom. The maximum Gasteiger partial charge on any atom is 0.266 e. The molecule has 0 amide bonds. The second-order valence-electron chi connectivity index (χ2n) is 4.58. The average molecular weight is 291 g/mol. The SMILES string of the molecule is O=S(=O)(O)C[C@@H](NCc1ccccc1)c1ccccc1. The van der Waals surface area contributed by atoms with Crippen LogP contribution >= 0.6 is 0 Å². The largest absolute Gasteiger partial charge is 0.305 e. The monoisotopic (exact) mass is 291 g/mol. The molecule has 0 aliphatic heterocycles. The third kappa shape index (κ3) is 4.77. The minimum absolute atomic E-state index is 0.343. The standard InChI is InChI=1S/C15H17NO3S/c17-20(18,19)12-15(14-9-5-2-6-10-14)16-11-13-7-3-1-4-8-13/h1-10,15-16H,11-12H2,(H,17,18,19)/t15-/m1/s1. The average Bonchev–Trinajstić information content (AvgIpc) is 2.44. The van der Waals surface area contributed by atoms with E-state index in [0.717, 1.165) is 11.1 Å². The zero-order chi connectivity index (χ0) is 14.4. The van der Waals surface area contributed by atoms with Crippen LogP contribution in [0.25, 0.3) is 0 Å². The number of hydrogen-bond acceptors (Lipinski definition) is 3. The van der Waals surface area contributed by atoms with E-state index in [1.165, 1.54) is 0 Å². The molecule has 0 bridgehead atoms. The van der Waals surface area contributed by atoms with Gasteiger partial charge >= 0.3 is 0 Å². The van der Waals surface area contributed by atoms with E-state index in [1.807, 2.05) is 60.7 Å². The summed E-state index contributed by atoms with van der Waals surface area (Å²) >= 11 is 0. The molecular weight excluding hydrogens is 274 g/mol. The number of hydrogen-bond donors (Lipinski definition) is 2. The van der Waals surface area contributed by atoms with Crippen LogP contribution in [0, 0.1) is 0 Å². The van der Waals surface area contributed by atoms with Gasteiger partial charge in [-0.1, -0.05) is 60.7 Å². The van der Waals surface area contributed by atoms with Gasteiger partial charge in [0.05, 0.1) is 5.75 Å². The molecular formula is C15H17NO3S. The third-order valence-corrected chi connectivity index (χ3v) is 3.73. The smallest absolute Gasteiger partial charge is 0.266 e. The Balaban J connectivity index is 2.11. The van der Waals surface area contributed by atoms with E-state index in [9.17, 15) is 8.42 Å². The van der Waals surface area contributed by atoms with Crippen LogP contribution in [-0.4, -0.2) is 18.7 Å². The fraction of sp³-hybridized carbons (Fsp3) is 0.200. The lowest BCUT2D eigenvalue weighted by atomic mass is 10.1. The van der Waals surface area contributed by atoms with Crippen LogP contribution in [0.3, 0.4) is 0 Å². The van der Waals surface area contributed by atoms with E-state index in [1.54, 1.807) is 0 Å². The maximum atomic E-state index is 11.1. The predicted molar refractivity (Wildman–Crippen MR) is 78.9 cm³/mol. The second-order valence-corrected chi connectivity index (χ2v) is 6.08. The molecule has 2 N–H and O–H groups in total. The summed E-state index contributed by atoms with van der Waals surface area (Å²) in [6, 6.07) is 18.5. The topological polar surface area (TPSA) is 66.4 Å². The van der Waals surface area contributed by atoms with Crippen molar-refractivity contribution in [3.05, 3.63) is 71.8 Å². The highest BCUT2D eigenvalue weighted by Crippen LogP contribution is 2.15. The molecule has 20 heavy (non-hydrogen) atoms. The van der Waals surface area contributed by atoms with E-state index in [2.05, 4.69) is 5.32 Å². The molecule has 0 saturated carbocycles. The Labute approximate surface area is 119 Å². The van der Waals surface area contributed by atoms with E-state index in [-0.39, 0.29) is 5.75 Å². The minimum atomic E-state index is -4.04. The van der Waals surface area contributed by atoms with Gasteiger partial charge in [0.2, 0.25) is 0 Å². The lowest BCUT2D eigenvalue weighted by molar-refractivity contribution is 0.465. The van der Waals surface area contributed by atoms with Crippen molar-refractivity contribution in [3.63, 3.8) is 0 Å². The molecule has 0 heterocycles. The van der Waals surface area contributed by atoms with Crippen molar-refractivity contribution >= 4 is 10.1 Å². The van der Waals surface area contributed by atoms with E-state index in [0.29, 0.717) is 6.54 Å². The van der Waals surface area contributed by atoms with Crippen molar-refractivity contribution < 1.29 is 13.0 Å². The summed E-state index contributed by atoms with van der Waals surface area (Å²) in [6.45, 7) is 0.538. The summed E-state index contributed by atoms with van der Waals surface area (Å²) in [4.78, 5) is 0. The van der Waals surface area contributed by atoms with Gasteiger partial charge in [0.25, 0.3) is 10.1 Å². The van der Waals surface area contributed by atoms with Crippen LogP contribution in [0.4, 0.5) is 0 Å². The van der Waals surface area contributed by atoms with Crippen LogP contribution in [0.1, 0.15) is 17.2 Å². The highest BCUT2D eigenvalue weighted by molar-refractivity contribution is 7.85. The molecule has 0 fully saturated rings. The minimum Gasteiger partial charge on any atom is -0.305 e. The fourth-order valence-electron chi connectivity index (χ4n) is 2.01. The van der Waals surface area contributed by atoms with Crippen LogP contribution in [-0.2, 0) is 16.7 Å². The molecule has 4 nitrogen and oxygen atoms in total. The zero-order valence-electron chi connectivity index (χ0n) is 10.9. The number of nitrogens with one attached hydrogen (secondary N) is 1. The Hall–Kier alpha value is -1.69. The highest BCUT2D eigenvalue weighted by Gasteiger charge is 2.18. The van der Waals surface area contributed by atoms with Gasteiger partial charge in [0.1, 0.15) is 0 Å². The normalized spacial score (nSPS) is 13.1. The Morgan fingerprint density at radius 2 is 1.50 bits per heavy atom. The molecule has 1 atom stereocenters. The van der Waals surface area contributed by atoms with Gasteiger partial charge in [-0.05, 0) is 11.1 Å². The lowest BCUT2D eigenvalue weighted by Gasteiger charge is -2.18. The van der Waals surface area contributed by atoms with Gasteiger partial charge in [0, 0.05) is 12.6 Å². The van der Waals surface area contributed by atoms with Crippen molar-refractivity contribution in [1.82, 2.24) is 5.32 Å². The van der Waals surface area contributed by atoms with E-state index >= 15 is 0 Å². The quantitative estimate of drug-likeness (QED) is 0.802. The molecule has 2 aromatic carbocycles. The summed E-state index contributed by atoms with van der Waals surface area (Å²) < 4.78 is 31.4. The zero-order valence-corrected chi connectivity index (χ0v) is 11.8. The van der Waals surface area contributed by atoms with Gasteiger partial charge in [-0.25, -0.2) is 0 Å². The van der Waals surface area contributed by atoms with Crippen LogP contribution in [0.2, 0.25) is 0 Å². The van der Waals surface area contributed by atoms with Crippen molar-refractivity contribution in [1.29, 1.82) is 0 Å². The fourth-order valence-corrected chi connectivity index (χ4v) is 2.74. The molecule has 0 aliphatic rings. The molecule has 5 heteroatoms.